The molecule has 0 aromatic heterocycles. The summed E-state index contributed by atoms with van der Waals surface area (Å²) in [6, 6.07) is 32.6. The molecule has 6 nitrogen and oxygen atoms in total. The van der Waals surface area contributed by atoms with E-state index < -0.39 is 12.2 Å². The third-order valence-electron chi connectivity index (χ3n) is 4.80. The van der Waals surface area contributed by atoms with Gasteiger partial charge in [0.15, 0.2) is 0 Å². The second-order valence-electron chi connectivity index (χ2n) is 7.15. The van der Waals surface area contributed by atoms with Crippen LogP contribution in [-0.4, -0.2) is 12.2 Å². The summed E-state index contributed by atoms with van der Waals surface area (Å²) in [5.41, 5.74) is 2.99. The van der Waals surface area contributed by atoms with Gasteiger partial charge in [0.2, 0.25) is 0 Å². The van der Waals surface area contributed by atoms with Crippen molar-refractivity contribution in [1.29, 1.82) is 0 Å². The largest absolute Gasteiger partial charge is 0.417 e. The maximum atomic E-state index is 12.4. The van der Waals surface area contributed by atoms with Gasteiger partial charge in [0.1, 0.15) is 11.5 Å². The van der Waals surface area contributed by atoms with Crippen molar-refractivity contribution in [2.75, 3.05) is 10.6 Å². The minimum absolute atomic E-state index is 0.457. The molecule has 0 radical (unpaired) electrons. The number of para-hydroxylation sites is 4. The summed E-state index contributed by atoms with van der Waals surface area (Å²) in [6.07, 6.45) is -0.679. The van der Waals surface area contributed by atoms with Crippen molar-refractivity contribution in [3.63, 3.8) is 0 Å². The van der Waals surface area contributed by atoms with Gasteiger partial charge in [-0.25, -0.2) is 9.59 Å². The van der Waals surface area contributed by atoms with E-state index in [4.69, 9.17) is 9.47 Å². The molecule has 0 heterocycles. The highest BCUT2D eigenvalue weighted by Gasteiger charge is 2.13. The first-order valence-electron chi connectivity index (χ1n) is 10.4. The maximum absolute atomic E-state index is 12.4. The van der Waals surface area contributed by atoms with E-state index in [1.807, 2.05) is 48.5 Å². The minimum atomic E-state index is -0.577. The van der Waals surface area contributed by atoms with Crippen LogP contribution < -0.4 is 20.1 Å². The number of hydrogen-bond acceptors (Lipinski definition) is 4. The molecule has 4 rings (SSSR count). The molecule has 164 valence electrons. The average Bonchev–Trinajstić information content (AvgIpc) is 2.83. The second-order valence-corrected chi connectivity index (χ2v) is 7.15. The van der Waals surface area contributed by atoms with Crippen molar-refractivity contribution < 1.29 is 19.1 Å². The van der Waals surface area contributed by atoms with E-state index in [1.165, 1.54) is 0 Å². The number of anilines is 2. The maximum Gasteiger partial charge on any atom is 0.417 e. The summed E-state index contributed by atoms with van der Waals surface area (Å²) >= 11 is 0. The zero-order valence-corrected chi connectivity index (χ0v) is 17.7. The van der Waals surface area contributed by atoms with E-state index in [0.29, 0.717) is 29.3 Å². The number of rotatable bonds is 6. The van der Waals surface area contributed by atoms with Crippen molar-refractivity contribution in [3.05, 3.63) is 120 Å². The van der Waals surface area contributed by atoms with E-state index in [9.17, 15) is 9.59 Å². The first-order chi connectivity index (χ1) is 16.2. The van der Waals surface area contributed by atoms with Gasteiger partial charge in [0.05, 0.1) is 0 Å². The molecule has 0 saturated carbocycles. The smallest absolute Gasteiger partial charge is 0.410 e. The van der Waals surface area contributed by atoms with Crippen LogP contribution >= 0.6 is 0 Å². The lowest BCUT2D eigenvalue weighted by Gasteiger charge is -2.14. The molecule has 0 aliphatic rings. The standard InChI is InChI=1S/C27H22N2O4/c30-26(32-22-13-3-1-4-14-22)28-24-17-9-7-11-20(24)19-21-12-8-10-18-25(21)29-27(31)33-23-15-5-2-6-16-23/h1-18H,19H2,(H,28,30)(H,29,31). The van der Waals surface area contributed by atoms with Gasteiger partial charge >= 0.3 is 12.2 Å². The molecule has 2 amide bonds. The molecule has 0 aliphatic heterocycles. The molecule has 0 fully saturated rings. The van der Waals surface area contributed by atoms with E-state index in [-0.39, 0.29) is 0 Å². The van der Waals surface area contributed by atoms with Gasteiger partial charge in [-0.05, 0) is 47.5 Å². The molecule has 0 unspecified atom stereocenters. The molecular formula is C27H22N2O4. The van der Waals surface area contributed by atoms with Crippen LogP contribution in [0, 0.1) is 0 Å². The zero-order chi connectivity index (χ0) is 22.9. The highest BCUT2D eigenvalue weighted by Crippen LogP contribution is 2.24. The van der Waals surface area contributed by atoms with Gasteiger partial charge in [-0.15, -0.1) is 0 Å². The lowest BCUT2D eigenvalue weighted by Crippen LogP contribution is -2.19. The Morgan fingerprint density at radius 1 is 0.515 bits per heavy atom. The average molecular weight is 438 g/mol. The Morgan fingerprint density at radius 3 is 1.30 bits per heavy atom. The topological polar surface area (TPSA) is 76.7 Å². The van der Waals surface area contributed by atoms with Crippen molar-refractivity contribution in [2.24, 2.45) is 0 Å². The van der Waals surface area contributed by atoms with Gasteiger partial charge in [0.25, 0.3) is 0 Å². The summed E-state index contributed by atoms with van der Waals surface area (Å²) in [7, 11) is 0. The van der Waals surface area contributed by atoms with E-state index in [2.05, 4.69) is 10.6 Å². The number of nitrogens with one attached hydrogen (secondary N) is 2. The van der Waals surface area contributed by atoms with Crippen LogP contribution in [0.2, 0.25) is 0 Å². The fourth-order valence-electron chi connectivity index (χ4n) is 3.26. The third kappa shape index (κ3) is 6.21. The van der Waals surface area contributed by atoms with Crippen LogP contribution in [0.15, 0.2) is 109 Å². The molecule has 0 atom stereocenters. The normalized spacial score (nSPS) is 10.2. The van der Waals surface area contributed by atoms with Crippen molar-refractivity contribution in [2.45, 2.75) is 6.42 Å². The molecule has 2 N–H and O–H groups in total. The summed E-state index contributed by atoms with van der Waals surface area (Å²) in [5.74, 6) is 0.915. The number of benzene rings is 4. The highest BCUT2D eigenvalue weighted by molar-refractivity contribution is 5.88. The Balaban J connectivity index is 1.46. The van der Waals surface area contributed by atoms with Gasteiger partial charge in [-0.3, -0.25) is 10.6 Å². The SMILES string of the molecule is O=C(Nc1ccccc1Cc1ccccc1NC(=O)Oc1ccccc1)Oc1ccccc1. The number of hydrogen-bond donors (Lipinski definition) is 2. The molecule has 0 bridgehead atoms. The lowest BCUT2D eigenvalue weighted by molar-refractivity contribution is 0.214. The Kier molecular flexibility index (Phi) is 6.98. The summed E-state index contributed by atoms with van der Waals surface area (Å²) < 4.78 is 10.7. The van der Waals surface area contributed by atoms with Crippen molar-refractivity contribution >= 4 is 23.6 Å². The molecular weight excluding hydrogens is 416 g/mol. The second kappa shape index (κ2) is 10.6. The van der Waals surface area contributed by atoms with Crippen LogP contribution in [0.25, 0.3) is 0 Å². The van der Waals surface area contributed by atoms with E-state index >= 15 is 0 Å². The van der Waals surface area contributed by atoms with Crippen LogP contribution in [-0.2, 0) is 6.42 Å². The van der Waals surface area contributed by atoms with Crippen LogP contribution in [0.3, 0.4) is 0 Å². The van der Waals surface area contributed by atoms with Gasteiger partial charge in [-0.2, -0.15) is 0 Å². The Hall–Kier alpha value is -4.58. The van der Waals surface area contributed by atoms with Crippen LogP contribution in [0.1, 0.15) is 11.1 Å². The fourth-order valence-corrected chi connectivity index (χ4v) is 3.26. The number of amides is 2. The van der Waals surface area contributed by atoms with E-state index in [1.54, 1.807) is 60.7 Å². The fraction of sp³-hybridized carbons (Fsp3) is 0.0370. The summed E-state index contributed by atoms with van der Waals surface area (Å²) in [5, 5.41) is 5.60. The Bertz CT molecular complexity index is 1130. The number of carbonyl (C=O) groups excluding carboxylic acids is 2. The number of ether oxygens (including phenoxy) is 2. The lowest BCUT2D eigenvalue weighted by atomic mass is 10.0. The number of carbonyl (C=O) groups is 2. The van der Waals surface area contributed by atoms with Crippen molar-refractivity contribution in [1.82, 2.24) is 0 Å². The van der Waals surface area contributed by atoms with Crippen LogP contribution in [0.5, 0.6) is 11.5 Å². The quantitative estimate of drug-likeness (QED) is 0.360. The first kappa shape index (κ1) is 21.6. The Labute approximate surface area is 191 Å². The first-order valence-corrected chi connectivity index (χ1v) is 10.4. The molecule has 33 heavy (non-hydrogen) atoms. The Morgan fingerprint density at radius 2 is 0.879 bits per heavy atom. The predicted octanol–water partition coefficient (Wildman–Crippen LogP) is 6.50. The summed E-state index contributed by atoms with van der Waals surface area (Å²) in [4.78, 5) is 24.7. The van der Waals surface area contributed by atoms with Gasteiger partial charge < -0.3 is 9.47 Å². The molecule has 4 aromatic rings. The molecule has 0 saturated heterocycles. The monoisotopic (exact) mass is 438 g/mol. The van der Waals surface area contributed by atoms with E-state index in [0.717, 1.165) is 11.1 Å². The van der Waals surface area contributed by atoms with Crippen molar-refractivity contribution in [3.8, 4) is 11.5 Å². The summed E-state index contributed by atoms with van der Waals surface area (Å²) in [6.45, 7) is 0. The van der Waals surface area contributed by atoms with Gasteiger partial charge in [-0.1, -0.05) is 72.8 Å². The molecule has 0 aliphatic carbocycles. The molecule has 6 heteroatoms. The zero-order valence-electron chi connectivity index (χ0n) is 17.7. The predicted molar refractivity (Wildman–Crippen MR) is 128 cm³/mol. The highest BCUT2D eigenvalue weighted by atomic mass is 16.6. The van der Waals surface area contributed by atoms with Crippen LogP contribution in [0.4, 0.5) is 21.0 Å². The minimum Gasteiger partial charge on any atom is -0.410 e. The third-order valence-corrected chi connectivity index (χ3v) is 4.80. The molecule has 0 spiro atoms. The van der Waals surface area contributed by atoms with Gasteiger partial charge in [0, 0.05) is 17.8 Å². The molecule has 4 aromatic carbocycles.